The molecular formula is C19H25N3O3. The molecule has 0 radical (unpaired) electrons. The van der Waals surface area contributed by atoms with E-state index in [0.29, 0.717) is 6.61 Å². The predicted molar refractivity (Wildman–Crippen MR) is 94.5 cm³/mol. The van der Waals surface area contributed by atoms with Gasteiger partial charge in [0.25, 0.3) is 0 Å². The average Bonchev–Trinajstić information content (AvgIpc) is 2.99. The van der Waals surface area contributed by atoms with E-state index in [0.717, 1.165) is 42.2 Å². The Balaban J connectivity index is 1.49. The van der Waals surface area contributed by atoms with Gasteiger partial charge in [-0.1, -0.05) is 12.1 Å². The van der Waals surface area contributed by atoms with Crippen LogP contribution in [0.4, 0.5) is 0 Å². The number of aromatic nitrogens is 2. The van der Waals surface area contributed by atoms with E-state index in [4.69, 9.17) is 9.47 Å². The highest BCUT2D eigenvalue weighted by Crippen LogP contribution is 2.16. The smallest absolute Gasteiger partial charge is 0.249 e. The van der Waals surface area contributed by atoms with Crippen LogP contribution in [0.25, 0.3) is 0 Å². The molecule has 1 amide bonds. The van der Waals surface area contributed by atoms with Crippen LogP contribution in [0, 0.1) is 6.92 Å². The maximum atomic E-state index is 12.4. The molecule has 0 saturated carbocycles. The van der Waals surface area contributed by atoms with Crippen LogP contribution in [0.3, 0.4) is 0 Å². The minimum absolute atomic E-state index is 0.0758. The molecule has 25 heavy (non-hydrogen) atoms. The third-order valence-corrected chi connectivity index (χ3v) is 4.46. The number of carbonyl (C=O) groups is 1. The van der Waals surface area contributed by atoms with Gasteiger partial charge in [0, 0.05) is 25.2 Å². The van der Waals surface area contributed by atoms with Crippen LogP contribution in [0.15, 0.2) is 30.5 Å². The van der Waals surface area contributed by atoms with Crippen molar-refractivity contribution < 1.29 is 14.3 Å². The van der Waals surface area contributed by atoms with Gasteiger partial charge in [0.2, 0.25) is 5.91 Å². The third-order valence-electron chi connectivity index (χ3n) is 4.46. The average molecular weight is 343 g/mol. The van der Waals surface area contributed by atoms with Gasteiger partial charge in [-0.05, 0) is 38.0 Å². The Morgan fingerprint density at radius 3 is 3.12 bits per heavy atom. The molecule has 1 N–H and O–H groups in total. The van der Waals surface area contributed by atoms with Gasteiger partial charge in [0.1, 0.15) is 17.7 Å². The van der Waals surface area contributed by atoms with Crippen molar-refractivity contribution in [1.29, 1.82) is 0 Å². The number of aryl methyl sites for hydroxylation is 2. The molecule has 2 heterocycles. The zero-order valence-electron chi connectivity index (χ0n) is 15.0. The molecule has 1 aromatic carbocycles. The quantitative estimate of drug-likeness (QED) is 0.874. The first-order valence-electron chi connectivity index (χ1n) is 8.62. The van der Waals surface area contributed by atoms with Gasteiger partial charge < -0.3 is 19.4 Å². The summed E-state index contributed by atoms with van der Waals surface area (Å²) in [5, 5.41) is 3.09. The van der Waals surface area contributed by atoms with Crippen molar-refractivity contribution in [2.24, 2.45) is 0 Å². The van der Waals surface area contributed by atoms with Crippen molar-refractivity contribution in [1.82, 2.24) is 14.9 Å². The SMILES string of the molecule is COc1cccc(COC(C)C(=O)NC2CCc3nc(C)cn3C2)c1. The summed E-state index contributed by atoms with van der Waals surface area (Å²) in [5.41, 5.74) is 2.01. The first kappa shape index (κ1) is 17.5. The molecule has 2 aromatic rings. The van der Waals surface area contributed by atoms with E-state index in [2.05, 4.69) is 14.9 Å². The molecule has 2 atom stereocenters. The molecular weight excluding hydrogens is 318 g/mol. The minimum Gasteiger partial charge on any atom is -0.497 e. The molecule has 0 saturated heterocycles. The molecule has 0 spiro atoms. The number of nitrogens with zero attached hydrogens (tertiary/aromatic N) is 2. The highest BCUT2D eigenvalue weighted by Gasteiger charge is 2.23. The van der Waals surface area contributed by atoms with Crippen molar-refractivity contribution in [2.45, 2.75) is 52.0 Å². The first-order chi connectivity index (χ1) is 12.0. The second kappa shape index (κ2) is 7.70. The fourth-order valence-corrected chi connectivity index (χ4v) is 3.08. The van der Waals surface area contributed by atoms with Gasteiger partial charge in [0.15, 0.2) is 0 Å². The van der Waals surface area contributed by atoms with Crippen LogP contribution in [-0.2, 0) is 29.1 Å². The van der Waals surface area contributed by atoms with Crippen molar-refractivity contribution in [3.63, 3.8) is 0 Å². The van der Waals surface area contributed by atoms with Gasteiger partial charge in [-0.25, -0.2) is 4.98 Å². The molecule has 0 fully saturated rings. The number of fused-ring (bicyclic) bond motifs is 1. The Hall–Kier alpha value is -2.34. The third kappa shape index (κ3) is 4.39. The Morgan fingerprint density at radius 1 is 1.48 bits per heavy atom. The molecule has 3 rings (SSSR count). The Bertz CT molecular complexity index is 741. The number of rotatable bonds is 6. The normalized spacial score (nSPS) is 17.6. The Morgan fingerprint density at radius 2 is 2.32 bits per heavy atom. The van der Waals surface area contributed by atoms with E-state index in [1.165, 1.54) is 0 Å². The maximum Gasteiger partial charge on any atom is 0.249 e. The van der Waals surface area contributed by atoms with Gasteiger partial charge in [-0.15, -0.1) is 0 Å². The number of amides is 1. The maximum absolute atomic E-state index is 12.4. The van der Waals surface area contributed by atoms with E-state index >= 15 is 0 Å². The van der Waals surface area contributed by atoms with Gasteiger partial charge in [0.05, 0.1) is 19.4 Å². The van der Waals surface area contributed by atoms with Crippen LogP contribution < -0.4 is 10.1 Å². The summed E-state index contributed by atoms with van der Waals surface area (Å²) < 4.78 is 13.0. The van der Waals surface area contributed by atoms with E-state index in [1.54, 1.807) is 14.0 Å². The van der Waals surface area contributed by atoms with Crippen molar-refractivity contribution in [2.75, 3.05) is 7.11 Å². The van der Waals surface area contributed by atoms with E-state index in [1.807, 2.05) is 37.4 Å². The van der Waals surface area contributed by atoms with Crippen LogP contribution in [-0.4, -0.2) is 34.7 Å². The molecule has 0 aliphatic carbocycles. The van der Waals surface area contributed by atoms with Crippen LogP contribution in [0.5, 0.6) is 5.75 Å². The summed E-state index contributed by atoms with van der Waals surface area (Å²) >= 11 is 0. The molecule has 134 valence electrons. The summed E-state index contributed by atoms with van der Waals surface area (Å²) in [6.45, 7) is 4.92. The first-order valence-corrected chi connectivity index (χ1v) is 8.62. The number of methoxy groups -OCH3 is 1. The van der Waals surface area contributed by atoms with Crippen LogP contribution in [0.2, 0.25) is 0 Å². The highest BCUT2D eigenvalue weighted by atomic mass is 16.5. The lowest BCUT2D eigenvalue weighted by Gasteiger charge is -2.26. The summed E-state index contributed by atoms with van der Waals surface area (Å²) in [6, 6.07) is 7.78. The standard InChI is InChI=1S/C19H25N3O3/c1-13-10-22-11-16(7-8-18(22)20-13)21-19(23)14(2)25-12-15-5-4-6-17(9-15)24-3/h4-6,9-10,14,16H,7-8,11-12H2,1-3H3,(H,21,23). The highest BCUT2D eigenvalue weighted by molar-refractivity contribution is 5.80. The van der Waals surface area contributed by atoms with Gasteiger partial charge >= 0.3 is 0 Å². The lowest BCUT2D eigenvalue weighted by atomic mass is 10.1. The van der Waals surface area contributed by atoms with Crippen LogP contribution in [0.1, 0.15) is 30.4 Å². The number of benzene rings is 1. The van der Waals surface area contributed by atoms with E-state index in [9.17, 15) is 4.79 Å². The predicted octanol–water partition coefficient (Wildman–Crippen LogP) is 2.24. The number of nitrogens with one attached hydrogen (secondary N) is 1. The molecule has 2 unspecified atom stereocenters. The number of ether oxygens (including phenoxy) is 2. The van der Waals surface area contributed by atoms with E-state index in [-0.39, 0.29) is 11.9 Å². The molecule has 1 aromatic heterocycles. The van der Waals surface area contributed by atoms with Crippen molar-refractivity contribution in [3.8, 4) is 5.75 Å². The van der Waals surface area contributed by atoms with Crippen molar-refractivity contribution >= 4 is 5.91 Å². The zero-order chi connectivity index (χ0) is 17.8. The fraction of sp³-hybridized carbons (Fsp3) is 0.474. The summed E-state index contributed by atoms with van der Waals surface area (Å²) in [4.78, 5) is 16.9. The lowest BCUT2D eigenvalue weighted by molar-refractivity contribution is -0.133. The Kier molecular flexibility index (Phi) is 5.38. The number of carbonyl (C=O) groups excluding carboxylic acids is 1. The second-order valence-corrected chi connectivity index (χ2v) is 6.50. The largest absolute Gasteiger partial charge is 0.497 e. The number of hydrogen-bond donors (Lipinski definition) is 1. The summed E-state index contributed by atoms with van der Waals surface area (Å²) in [6.07, 6.45) is 3.33. The van der Waals surface area contributed by atoms with Crippen LogP contribution >= 0.6 is 0 Å². The van der Waals surface area contributed by atoms with Crippen molar-refractivity contribution in [3.05, 3.63) is 47.5 Å². The van der Waals surface area contributed by atoms with E-state index < -0.39 is 6.10 Å². The summed E-state index contributed by atoms with van der Waals surface area (Å²) in [5.74, 6) is 1.81. The lowest BCUT2D eigenvalue weighted by Crippen LogP contribution is -2.45. The molecule has 1 aliphatic heterocycles. The second-order valence-electron chi connectivity index (χ2n) is 6.50. The topological polar surface area (TPSA) is 65.4 Å². The Labute approximate surface area is 148 Å². The van der Waals surface area contributed by atoms with Gasteiger partial charge in [-0.3, -0.25) is 4.79 Å². The monoisotopic (exact) mass is 343 g/mol. The molecule has 6 nitrogen and oxygen atoms in total. The molecule has 1 aliphatic rings. The zero-order valence-corrected chi connectivity index (χ0v) is 15.0. The molecule has 6 heteroatoms. The fourth-order valence-electron chi connectivity index (χ4n) is 3.08. The van der Waals surface area contributed by atoms with Gasteiger partial charge in [-0.2, -0.15) is 0 Å². The summed E-state index contributed by atoms with van der Waals surface area (Å²) in [7, 11) is 1.63. The number of hydrogen-bond acceptors (Lipinski definition) is 4. The molecule has 0 bridgehead atoms. The number of imidazole rings is 1. The minimum atomic E-state index is -0.503.